The molecule has 0 bridgehead atoms. The van der Waals surface area contributed by atoms with Crippen molar-refractivity contribution in [3.05, 3.63) is 46.4 Å². The number of anilines is 1. The molecular formula is C21H30N6OS. The molecule has 1 aromatic heterocycles. The van der Waals surface area contributed by atoms with E-state index in [1.807, 2.05) is 36.2 Å². The zero-order valence-corrected chi connectivity index (χ0v) is 18.0. The summed E-state index contributed by atoms with van der Waals surface area (Å²) >= 11 is 1.70. The Morgan fingerprint density at radius 3 is 2.55 bits per heavy atom. The highest BCUT2D eigenvalue weighted by Crippen LogP contribution is 2.15. The van der Waals surface area contributed by atoms with Gasteiger partial charge in [-0.05, 0) is 25.5 Å². The number of benzene rings is 1. The minimum atomic E-state index is 0.0671. The van der Waals surface area contributed by atoms with Gasteiger partial charge in [0.05, 0.1) is 6.54 Å². The average Bonchev–Trinajstić information content (AvgIpc) is 3.24. The lowest BCUT2D eigenvalue weighted by Crippen LogP contribution is -2.49. The number of para-hydroxylation sites is 1. The molecule has 1 aromatic carbocycles. The summed E-state index contributed by atoms with van der Waals surface area (Å²) in [7, 11) is 0. The second-order valence-corrected chi connectivity index (χ2v) is 8.03. The molecule has 1 aliphatic rings. The van der Waals surface area contributed by atoms with E-state index in [9.17, 15) is 4.79 Å². The maximum absolute atomic E-state index is 12.6. The fourth-order valence-electron chi connectivity index (χ4n) is 3.19. The number of nitrogens with one attached hydrogen (secondary N) is 2. The molecule has 0 aliphatic carbocycles. The topological polar surface area (TPSA) is 72.9 Å². The number of carbonyl (C=O) groups excluding carboxylic acids is 1. The van der Waals surface area contributed by atoms with Crippen LogP contribution < -0.4 is 15.5 Å². The Labute approximate surface area is 176 Å². The van der Waals surface area contributed by atoms with Gasteiger partial charge in [-0.3, -0.25) is 4.79 Å². The summed E-state index contributed by atoms with van der Waals surface area (Å²) in [5.41, 5.74) is 1.21. The summed E-state index contributed by atoms with van der Waals surface area (Å²) in [6, 6.07) is 10.3. The molecule has 2 N–H and O–H groups in total. The predicted octanol–water partition coefficient (Wildman–Crippen LogP) is 2.11. The molecule has 1 saturated heterocycles. The SMILES string of the molecule is CCNC(=NCC(=O)N1CCN(c2ccccc2)CC1)NCc1ncc(CC)s1. The molecule has 2 aromatic rings. The van der Waals surface area contributed by atoms with Crippen molar-refractivity contribution in [3.8, 4) is 0 Å². The first kappa shape index (κ1) is 21.1. The zero-order chi connectivity index (χ0) is 20.5. The highest BCUT2D eigenvalue weighted by molar-refractivity contribution is 7.11. The normalized spacial score (nSPS) is 14.8. The second kappa shape index (κ2) is 10.8. The third kappa shape index (κ3) is 6.19. The average molecular weight is 415 g/mol. The van der Waals surface area contributed by atoms with E-state index < -0.39 is 0 Å². The fraction of sp³-hybridized carbons (Fsp3) is 0.476. The van der Waals surface area contributed by atoms with Crippen LogP contribution in [0.2, 0.25) is 0 Å². The van der Waals surface area contributed by atoms with Crippen molar-refractivity contribution >= 4 is 28.9 Å². The number of amides is 1. The lowest BCUT2D eigenvalue weighted by molar-refractivity contribution is -0.129. The molecule has 29 heavy (non-hydrogen) atoms. The largest absolute Gasteiger partial charge is 0.368 e. The quantitative estimate of drug-likeness (QED) is 0.536. The first-order valence-corrected chi connectivity index (χ1v) is 11.0. The number of thiazole rings is 1. The van der Waals surface area contributed by atoms with Gasteiger partial charge in [0.25, 0.3) is 0 Å². The molecule has 0 unspecified atom stereocenters. The van der Waals surface area contributed by atoms with Crippen LogP contribution in [0.15, 0.2) is 41.5 Å². The van der Waals surface area contributed by atoms with Gasteiger partial charge in [0.1, 0.15) is 11.6 Å². The van der Waals surface area contributed by atoms with Crippen LogP contribution in [-0.4, -0.2) is 61.0 Å². The van der Waals surface area contributed by atoms with Crippen LogP contribution in [0.4, 0.5) is 5.69 Å². The summed E-state index contributed by atoms with van der Waals surface area (Å²) < 4.78 is 0. The van der Waals surface area contributed by atoms with E-state index in [1.54, 1.807) is 11.3 Å². The molecule has 1 fully saturated rings. The highest BCUT2D eigenvalue weighted by Gasteiger charge is 2.21. The Balaban J connectivity index is 1.48. The Morgan fingerprint density at radius 1 is 1.14 bits per heavy atom. The van der Waals surface area contributed by atoms with E-state index in [2.05, 4.69) is 44.6 Å². The molecule has 0 radical (unpaired) electrons. The molecule has 1 aliphatic heterocycles. The molecule has 2 heterocycles. The van der Waals surface area contributed by atoms with Gasteiger partial charge in [0, 0.05) is 49.5 Å². The molecule has 7 nitrogen and oxygen atoms in total. The number of aliphatic imine (C=N–C) groups is 1. The van der Waals surface area contributed by atoms with Crippen LogP contribution in [0.1, 0.15) is 23.7 Å². The van der Waals surface area contributed by atoms with E-state index in [4.69, 9.17) is 0 Å². The van der Waals surface area contributed by atoms with Gasteiger partial charge in [-0.25, -0.2) is 9.98 Å². The molecule has 0 spiro atoms. The molecule has 0 atom stereocenters. The van der Waals surface area contributed by atoms with Gasteiger partial charge in [0.2, 0.25) is 5.91 Å². The molecule has 156 valence electrons. The lowest BCUT2D eigenvalue weighted by Gasteiger charge is -2.36. The summed E-state index contributed by atoms with van der Waals surface area (Å²) in [5, 5.41) is 7.49. The van der Waals surface area contributed by atoms with Crippen molar-refractivity contribution in [2.45, 2.75) is 26.8 Å². The number of rotatable bonds is 7. The molecule has 0 saturated carbocycles. The third-order valence-electron chi connectivity index (χ3n) is 4.83. The van der Waals surface area contributed by atoms with Crippen LogP contribution in [0.3, 0.4) is 0 Å². The Bertz CT molecular complexity index is 799. The van der Waals surface area contributed by atoms with Crippen LogP contribution in [0.5, 0.6) is 0 Å². The van der Waals surface area contributed by atoms with E-state index in [0.29, 0.717) is 12.5 Å². The fourth-order valence-corrected chi connectivity index (χ4v) is 4.00. The van der Waals surface area contributed by atoms with Gasteiger partial charge in [0.15, 0.2) is 5.96 Å². The summed E-state index contributed by atoms with van der Waals surface area (Å²) in [5.74, 6) is 0.717. The lowest BCUT2D eigenvalue weighted by atomic mass is 10.2. The van der Waals surface area contributed by atoms with Gasteiger partial charge in [-0.15, -0.1) is 11.3 Å². The van der Waals surface area contributed by atoms with Crippen molar-refractivity contribution in [2.75, 3.05) is 44.2 Å². The van der Waals surface area contributed by atoms with E-state index in [1.165, 1.54) is 10.6 Å². The number of guanidine groups is 1. The minimum Gasteiger partial charge on any atom is -0.368 e. The number of aryl methyl sites for hydroxylation is 1. The second-order valence-electron chi connectivity index (χ2n) is 6.83. The van der Waals surface area contributed by atoms with Gasteiger partial charge in [-0.1, -0.05) is 25.1 Å². The summed E-state index contributed by atoms with van der Waals surface area (Å²) in [4.78, 5) is 27.0. The van der Waals surface area contributed by atoms with Crippen molar-refractivity contribution < 1.29 is 4.79 Å². The van der Waals surface area contributed by atoms with Gasteiger partial charge >= 0.3 is 0 Å². The number of aromatic nitrogens is 1. The van der Waals surface area contributed by atoms with E-state index in [0.717, 1.165) is 44.2 Å². The number of hydrogen-bond acceptors (Lipinski definition) is 5. The van der Waals surface area contributed by atoms with Crippen LogP contribution in [0, 0.1) is 0 Å². The first-order valence-electron chi connectivity index (χ1n) is 10.2. The Morgan fingerprint density at radius 2 is 1.90 bits per heavy atom. The molecule has 1 amide bonds. The number of piperazine rings is 1. The summed E-state index contributed by atoms with van der Waals surface area (Å²) in [6.07, 6.45) is 2.92. The first-order chi connectivity index (χ1) is 14.2. The Kier molecular flexibility index (Phi) is 7.86. The van der Waals surface area contributed by atoms with Crippen molar-refractivity contribution in [1.82, 2.24) is 20.5 Å². The predicted molar refractivity (Wildman–Crippen MR) is 120 cm³/mol. The highest BCUT2D eigenvalue weighted by atomic mass is 32.1. The van der Waals surface area contributed by atoms with Crippen molar-refractivity contribution in [2.24, 2.45) is 4.99 Å². The molecule has 3 rings (SSSR count). The maximum atomic E-state index is 12.6. The number of nitrogens with zero attached hydrogens (tertiary/aromatic N) is 4. The third-order valence-corrected chi connectivity index (χ3v) is 5.97. The van der Waals surface area contributed by atoms with Gasteiger partial charge in [-0.2, -0.15) is 0 Å². The van der Waals surface area contributed by atoms with Crippen molar-refractivity contribution in [3.63, 3.8) is 0 Å². The van der Waals surface area contributed by atoms with Crippen LogP contribution in [-0.2, 0) is 17.8 Å². The standard InChI is InChI=1S/C21H30N6OS/c1-3-18-14-23-19(29-18)15-24-21(22-4-2)25-16-20(28)27-12-10-26(11-13-27)17-8-6-5-7-9-17/h5-9,14H,3-4,10-13,15-16H2,1-2H3,(H2,22,24,25). The number of carbonyl (C=O) groups is 1. The minimum absolute atomic E-state index is 0.0671. The van der Waals surface area contributed by atoms with E-state index in [-0.39, 0.29) is 12.5 Å². The smallest absolute Gasteiger partial charge is 0.244 e. The summed E-state index contributed by atoms with van der Waals surface area (Å²) in [6.45, 7) is 8.80. The molecular weight excluding hydrogens is 384 g/mol. The van der Waals surface area contributed by atoms with Crippen LogP contribution >= 0.6 is 11.3 Å². The van der Waals surface area contributed by atoms with Gasteiger partial charge < -0.3 is 20.4 Å². The Hall–Kier alpha value is -2.61. The maximum Gasteiger partial charge on any atom is 0.244 e. The zero-order valence-electron chi connectivity index (χ0n) is 17.2. The van der Waals surface area contributed by atoms with E-state index >= 15 is 0 Å². The number of hydrogen-bond donors (Lipinski definition) is 2. The molecule has 8 heteroatoms. The van der Waals surface area contributed by atoms with Crippen molar-refractivity contribution in [1.29, 1.82) is 0 Å². The van der Waals surface area contributed by atoms with Crippen LogP contribution in [0.25, 0.3) is 0 Å². The monoisotopic (exact) mass is 414 g/mol.